The van der Waals surface area contributed by atoms with Crippen molar-refractivity contribution >= 4 is 28.8 Å². The van der Waals surface area contributed by atoms with Crippen molar-refractivity contribution in [3.63, 3.8) is 0 Å². The average molecular weight is 220 g/mol. The first kappa shape index (κ1) is 10.2. The van der Waals surface area contributed by atoms with Crippen molar-refractivity contribution in [2.75, 3.05) is 0 Å². The molecule has 70 valence electrons. The first-order valence-corrected chi connectivity index (χ1v) is 4.75. The van der Waals surface area contributed by atoms with E-state index < -0.39 is 17.2 Å². The minimum absolute atomic E-state index is 0.284. The summed E-state index contributed by atoms with van der Waals surface area (Å²) in [6.07, 6.45) is 0. The van der Waals surface area contributed by atoms with Crippen LogP contribution in [0.25, 0.3) is 0 Å². The smallest absolute Gasteiger partial charge is 0.264 e. The fourth-order valence-electron chi connectivity index (χ4n) is 0.739. The number of carbonyl (C=O) groups excluding carboxylic acids is 1. The molecule has 0 aliphatic heterocycles. The third-order valence-electron chi connectivity index (χ3n) is 1.29. The van der Waals surface area contributed by atoms with Crippen LogP contribution in [0.2, 0.25) is 5.02 Å². The van der Waals surface area contributed by atoms with Crippen molar-refractivity contribution in [1.82, 2.24) is 4.72 Å². The predicted molar refractivity (Wildman–Crippen MR) is 49.7 cm³/mol. The maximum Gasteiger partial charge on any atom is 0.264 e. The van der Waals surface area contributed by atoms with Gasteiger partial charge in [0.2, 0.25) is 0 Å². The van der Waals surface area contributed by atoms with Crippen LogP contribution < -0.4 is 4.72 Å². The molecule has 1 atom stereocenters. The Bertz CT molecular complexity index is 338. The van der Waals surface area contributed by atoms with Gasteiger partial charge in [-0.25, -0.2) is 8.93 Å². The second-order valence-corrected chi connectivity index (χ2v) is 3.33. The van der Waals surface area contributed by atoms with Crippen molar-refractivity contribution in [2.45, 2.75) is 0 Å². The SMILES string of the molecule is O=C(NS(=O)O)c1ccc(Cl)cc1. The fraction of sp³-hybridized carbons (Fsp3) is 0. The second kappa shape index (κ2) is 4.36. The number of rotatable bonds is 2. The number of hydrogen-bond donors (Lipinski definition) is 2. The van der Waals surface area contributed by atoms with Gasteiger partial charge < -0.3 is 0 Å². The van der Waals surface area contributed by atoms with Crippen molar-refractivity contribution in [3.05, 3.63) is 34.9 Å². The van der Waals surface area contributed by atoms with Gasteiger partial charge in [0.1, 0.15) is 0 Å². The van der Waals surface area contributed by atoms with Gasteiger partial charge in [0, 0.05) is 10.6 Å². The molecule has 0 spiro atoms. The van der Waals surface area contributed by atoms with E-state index in [1.165, 1.54) is 24.3 Å². The summed E-state index contributed by atoms with van der Waals surface area (Å²) >= 11 is 3.25. The van der Waals surface area contributed by atoms with E-state index in [2.05, 4.69) is 0 Å². The lowest BCUT2D eigenvalue weighted by molar-refractivity contribution is 0.0981. The minimum atomic E-state index is -2.33. The van der Waals surface area contributed by atoms with E-state index in [0.717, 1.165) is 0 Å². The summed E-state index contributed by atoms with van der Waals surface area (Å²) in [6.45, 7) is 0. The number of carbonyl (C=O) groups is 1. The lowest BCUT2D eigenvalue weighted by atomic mass is 10.2. The molecule has 1 amide bonds. The Morgan fingerprint density at radius 1 is 1.38 bits per heavy atom. The van der Waals surface area contributed by atoms with Crippen LogP contribution in [0, 0.1) is 0 Å². The standard InChI is InChI=1S/C7H6ClNO3S/c8-6-3-1-5(2-4-6)7(10)9-13(11)12/h1-4H,(H,9,10)(H,11,12). The van der Waals surface area contributed by atoms with Gasteiger partial charge in [0.25, 0.3) is 17.2 Å². The molecule has 0 fully saturated rings. The van der Waals surface area contributed by atoms with Gasteiger partial charge in [-0.1, -0.05) is 11.6 Å². The van der Waals surface area contributed by atoms with E-state index in [1.54, 1.807) is 0 Å². The quantitative estimate of drug-likeness (QED) is 0.735. The highest BCUT2D eigenvalue weighted by atomic mass is 35.5. The maximum atomic E-state index is 11.1. The molecule has 1 rings (SSSR count). The maximum absolute atomic E-state index is 11.1. The minimum Gasteiger partial charge on any atom is -0.289 e. The molecule has 1 unspecified atom stereocenters. The van der Waals surface area contributed by atoms with Gasteiger partial charge in [0.15, 0.2) is 0 Å². The molecule has 1 aromatic carbocycles. The number of nitrogens with one attached hydrogen (secondary N) is 1. The molecular weight excluding hydrogens is 214 g/mol. The molecule has 0 saturated heterocycles. The first-order chi connectivity index (χ1) is 6.09. The summed E-state index contributed by atoms with van der Waals surface area (Å²) in [7, 11) is 0. The Morgan fingerprint density at radius 2 is 1.92 bits per heavy atom. The summed E-state index contributed by atoms with van der Waals surface area (Å²) in [6, 6.07) is 5.97. The lowest BCUT2D eigenvalue weighted by Gasteiger charge is -1.99. The number of benzene rings is 1. The predicted octanol–water partition coefficient (Wildman–Crippen LogP) is 1.21. The Morgan fingerprint density at radius 3 is 2.38 bits per heavy atom. The van der Waals surface area contributed by atoms with Gasteiger partial charge in [-0.15, -0.1) is 0 Å². The van der Waals surface area contributed by atoms with Gasteiger partial charge in [0.05, 0.1) is 0 Å². The summed E-state index contributed by atoms with van der Waals surface area (Å²) in [5.41, 5.74) is 0.284. The molecule has 0 saturated carbocycles. The number of halogens is 1. The molecule has 0 aliphatic carbocycles. The van der Waals surface area contributed by atoms with Crippen LogP contribution >= 0.6 is 11.6 Å². The Balaban J connectivity index is 2.78. The highest BCUT2D eigenvalue weighted by Gasteiger charge is 2.06. The van der Waals surface area contributed by atoms with Crippen LogP contribution in [0.15, 0.2) is 24.3 Å². The van der Waals surface area contributed by atoms with Gasteiger partial charge in [-0.05, 0) is 24.3 Å². The normalized spacial score (nSPS) is 12.2. The number of hydrogen-bond acceptors (Lipinski definition) is 2. The van der Waals surface area contributed by atoms with Crippen LogP contribution in [-0.2, 0) is 11.3 Å². The van der Waals surface area contributed by atoms with Gasteiger partial charge in [-0.2, -0.15) is 0 Å². The van der Waals surface area contributed by atoms with Crippen molar-refractivity contribution in [1.29, 1.82) is 0 Å². The van der Waals surface area contributed by atoms with Crippen LogP contribution in [0.5, 0.6) is 0 Å². The van der Waals surface area contributed by atoms with Crippen molar-refractivity contribution in [3.8, 4) is 0 Å². The van der Waals surface area contributed by atoms with Crippen molar-refractivity contribution < 1.29 is 13.6 Å². The molecule has 0 bridgehead atoms. The Kier molecular flexibility index (Phi) is 3.41. The summed E-state index contributed by atoms with van der Waals surface area (Å²) in [4.78, 5) is 11.1. The molecule has 0 aromatic heterocycles. The third kappa shape index (κ3) is 3.14. The molecular formula is C7H6ClNO3S. The molecule has 0 radical (unpaired) electrons. The number of amides is 1. The molecule has 2 N–H and O–H groups in total. The zero-order valence-corrected chi connectivity index (χ0v) is 7.93. The zero-order chi connectivity index (χ0) is 9.84. The molecule has 6 heteroatoms. The highest BCUT2D eigenvalue weighted by molar-refractivity contribution is 7.77. The van der Waals surface area contributed by atoms with Crippen LogP contribution in [0.1, 0.15) is 10.4 Å². The molecule has 4 nitrogen and oxygen atoms in total. The summed E-state index contributed by atoms with van der Waals surface area (Å²) in [5, 5.41) is 0.502. The largest absolute Gasteiger partial charge is 0.289 e. The molecule has 1 aromatic rings. The van der Waals surface area contributed by atoms with Gasteiger partial charge >= 0.3 is 0 Å². The van der Waals surface area contributed by atoms with Crippen molar-refractivity contribution in [2.24, 2.45) is 0 Å². The van der Waals surface area contributed by atoms with E-state index in [4.69, 9.17) is 16.2 Å². The Hall–Kier alpha value is -0.910. The summed E-state index contributed by atoms with van der Waals surface area (Å²) < 4.78 is 20.4. The second-order valence-electron chi connectivity index (χ2n) is 2.19. The Labute approximate surface area is 82.3 Å². The first-order valence-electron chi connectivity index (χ1n) is 3.27. The summed E-state index contributed by atoms with van der Waals surface area (Å²) in [5.74, 6) is -0.613. The third-order valence-corrected chi connectivity index (χ3v) is 1.90. The van der Waals surface area contributed by atoms with Gasteiger partial charge in [-0.3, -0.25) is 9.35 Å². The van der Waals surface area contributed by atoms with E-state index in [1.807, 2.05) is 4.72 Å². The topological polar surface area (TPSA) is 66.4 Å². The monoisotopic (exact) mass is 219 g/mol. The van der Waals surface area contributed by atoms with E-state index >= 15 is 0 Å². The fourth-order valence-corrected chi connectivity index (χ4v) is 1.14. The van der Waals surface area contributed by atoms with E-state index in [-0.39, 0.29) is 5.56 Å². The van der Waals surface area contributed by atoms with E-state index in [0.29, 0.717) is 5.02 Å². The molecule has 0 aliphatic rings. The highest BCUT2D eigenvalue weighted by Crippen LogP contribution is 2.09. The van der Waals surface area contributed by atoms with E-state index in [9.17, 15) is 9.00 Å². The molecule has 0 heterocycles. The lowest BCUT2D eigenvalue weighted by Crippen LogP contribution is -2.24. The zero-order valence-electron chi connectivity index (χ0n) is 6.36. The average Bonchev–Trinajstić information content (AvgIpc) is 2.04. The molecule has 13 heavy (non-hydrogen) atoms. The van der Waals surface area contributed by atoms with Crippen LogP contribution in [-0.4, -0.2) is 14.7 Å². The van der Waals surface area contributed by atoms with Crippen LogP contribution in [0.4, 0.5) is 0 Å². The van der Waals surface area contributed by atoms with Crippen LogP contribution in [0.3, 0.4) is 0 Å².